The van der Waals surface area contributed by atoms with Crippen LogP contribution in [0.2, 0.25) is 0 Å². The average molecular weight is 310 g/mol. The van der Waals surface area contributed by atoms with Crippen molar-refractivity contribution >= 4 is 34.4 Å². The lowest BCUT2D eigenvalue weighted by Gasteiger charge is -1.98. The number of thiazole rings is 2. The molecule has 0 amide bonds. The van der Waals surface area contributed by atoms with Crippen LogP contribution in [0.1, 0.15) is 49.7 Å². The first-order chi connectivity index (χ1) is 9.51. The van der Waals surface area contributed by atoms with E-state index in [1.54, 1.807) is 18.3 Å². The minimum Gasteiger partial charge on any atom is -0.461 e. The summed E-state index contributed by atoms with van der Waals surface area (Å²) in [5.74, 6) is -0.720. The van der Waals surface area contributed by atoms with Gasteiger partial charge in [-0.3, -0.25) is 4.79 Å². The minimum atomic E-state index is -0.546. The summed E-state index contributed by atoms with van der Waals surface area (Å²) in [6.07, 6.45) is 0.531. The SMILES string of the molecule is CCOC(=O)c1nc(Cc2nc(C)cs2)sc1C(C)=O. The number of ketones is 1. The van der Waals surface area contributed by atoms with Crippen molar-refractivity contribution in [2.45, 2.75) is 27.2 Å². The molecule has 7 heteroatoms. The Morgan fingerprint density at radius 2 is 2.05 bits per heavy atom. The zero-order valence-corrected chi connectivity index (χ0v) is 13.1. The van der Waals surface area contributed by atoms with Gasteiger partial charge in [-0.25, -0.2) is 14.8 Å². The number of hydrogen-bond donors (Lipinski definition) is 0. The second kappa shape index (κ2) is 6.23. The fraction of sp³-hybridized carbons (Fsp3) is 0.385. The van der Waals surface area contributed by atoms with Crippen LogP contribution in [0.15, 0.2) is 5.38 Å². The Kier molecular flexibility index (Phi) is 4.61. The molecule has 106 valence electrons. The van der Waals surface area contributed by atoms with Gasteiger partial charge in [0.2, 0.25) is 0 Å². The summed E-state index contributed by atoms with van der Waals surface area (Å²) in [5.41, 5.74) is 1.08. The summed E-state index contributed by atoms with van der Waals surface area (Å²) in [6, 6.07) is 0. The molecule has 0 aliphatic heterocycles. The van der Waals surface area contributed by atoms with Crippen LogP contribution in [0.25, 0.3) is 0 Å². The molecule has 0 aliphatic carbocycles. The predicted octanol–water partition coefficient (Wildman–Crippen LogP) is 2.88. The van der Waals surface area contributed by atoms with E-state index in [2.05, 4.69) is 9.97 Å². The van der Waals surface area contributed by atoms with Gasteiger partial charge < -0.3 is 4.74 Å². The average Bonchev–Trinajstić information content (AvgIpc) is 2.97. The normalized spacial score (nSPS) is 10.6. The van der Waals surface area contributed by atoms with E-state index in [1.807, 2.05) is 12.3 Å². The van der Waals surface area contributed by atoms with Crippen molar-refractivity contribution in [2.24, 2.45) is 0 Å². The van der Waals surface area contributed by atoms with Crippen molar-refractivity contribution in [3.63, 3.8) is 0 Å². The Labute approximate surface area is 124 Å². The molecule has 0 aliphatic rings. The van der Waals surface area contributed by atoms with Crippen molar-refractivity contribution in [1.29, 1.82) is 0 Å². The zero-order valence-electron chi connectivity index (χ0n) is 11.4. The quantitative estimate of drug-likeness (QED) is 0.627. The molecule has 0 aromatic carbocycles. The van der Waals surface area contributed by atoms with E-state index in [0.29, 0.717) is 16.3 Å². The molecule has 0 saturated carbocycles. The van der Waals surface area contributed by atoms with Crippen LogP contribution in [-0.4, -0.2) is 28.3 Å². The molecule has 0 fully saturated rings. The van der Waals surface area contributed by atoms with Gasteiger partial charge in [0.05, 0.1) is 18.0 Å². The fourth-order valence-electron chi connectivity index (χ4n) is 1.63. The second-order valence-corrected chi connectivity index (χ2v) is 6.15. The first kappa shape index (κ1) is 14.8. The maximum absolute atomic E-state index is 11.8. The Morgan fingerprint density at radius 1 is 1.30 bits per heavy atom. The van der Waals surface area contributed by atoms with Crippen molar-refractivity contribution in [2.75, 3.05) is 6.61 Å². The van der Waals surface area contributed by atoms with E-state index in [0.717, 1.165) is 10.7 Å². The van der Waals surface area contributed by atoms with Gasteiger partial charge in [-0.05, 0) is 13.8 Å². The highest BCUT2D eigenvalue weighted by atomic mass is 32.1. The van der Waals surface area contributed by atoms with Gasteiger partial charge >= 0.3 is 5.97 Å². The summed E-state index contributed by atoms with van der Waals surface area (Å²) in [6.45, 7) is 5.33. The molecule has 0 unspecified atom stereocenters. The molecule has 2 aromatic rings. The number of ether oxygens (including phenoxy) is 1. The van der Waals surface area contributed by atoms with E-state index in [-0.39, 0.29) is 18.1 Å². The molecule has 2 heterocycles. The molecule has 20 heavy (non-hydrogen) atoms. The number of carbonyl (C=O) groups is 2. The summed E-state index contributed by atoms with van der Waals surface area (Å²) >= 11 is 2.77. The molecule has 0 saturated heterocycles. The second-order valence-electron chi connectivity index (χ2n) is 4.12. The molecule has 0 bridgehead atoms. The Hall–Kier alpha value is -1.60. The molecular weight excluding hydrogens is 296 g/mol. The Morgan fingerprint density at radius 3 is 2.60 bits per heavy atom. The van der Waals surface area contributed by atoms with E-state index in [9.17, 15) is 9.59 Å². The van der Waals surface area contributed by atoms with Gasteiger partial charge in [0.1, 0.15) is 9.88 Å². The highest BCUT2D eigenvalue weighted by Gasteiger charge is 2.22. The van der Waals surface area contributed by atoms with Crippen molar-refractivity contribution in [3.8, 4) is 0 Å². The molecule has 2 rings (SSSR count). The number of Topliss-reactive ketones (excluding diaryl/α,β-unsaturated/α-hetero) is 1. The molecule has 0 radical (unpaired) electrons. The van der Waals surface area contributed by atoms with Crippen molar-refractivity contribution in [3.05, 3.63) is 31.7 Å². The van der Waals surface area contributed by atoms with Crippen LogP contribution in [0.4, 0.5) is 0 Å². The van der Waals surface area contributed by atoms with Gasteiger partial charge in [-0.1, -0.05) is 0 Å². The van der Waals surface area contributed by atoms with Crippen molar-refractivity contribution in [1.82, 2.24) is 9.97 Å². The van der Waals surface area contributed by atoms with E-state index in [1.165, 1.54) is 18.3 Å². The maximum Gasteiger partial charge on any atom is 0.358 e. The van der Waals surface area contributed by atoms with Gasteiger partial charge in [-0.15, -0.1) is 22.7 Å². The lowest BCUT2D eigenvalue weighted by atomic mass is 10.3. The predicted molar refractivity (Wildman–Crippen MR) is 77.7 cm³/mol. The minimum absolute atomic E-state index is 0.118. The first-order valence-electron chi connectivity index (χ1n) is 6.10. The molecule has 5 nitrogen and oxygen atoms in total. The summed E-state index contributed by atoms with van der Waals surface area (Å²) < 4.78 is 4.93. The van der Waals surface area contributed by atoms with Crippen LogP contribution in [0, 0.1) is 6.92 Å². The number of esters is 1. The lowest BCUT2D eigenvalue weighted by Crippen LogP contribution is -2.09. The number of rotatable bonds is 5. The molecule has 0 N–H and O–H groups in total. The van der Waals surface area contributed by atoms with Gasteiger partial charge in [-0.2, -0.15) is 0 Å². The molecule has 0 atom stereocenters. The van der Waals surface area contributed by atoms with Gasteiger partial charge in [0.15, 0.2) is 11.5 Å². The molecular formula is C13H14N2O3S2. The third kappa shape index (κ3) is 3.29. The number of hydrogen-bond acceptors (Lipinski definition) is 7. The number of aromatic nitrogens is 2. The topological polar surface area (TPSA) is 69.2 Å². The first-order valence-corrected chi connectivity index (χ1v) is 7.79. The molecule has 2 aromatic heterocycles. The van der Waals surface area contributed by atoms with E-state index in [4.69, 9.17) is 4.74 Å². The van der Waals surface area contributed by atoms with Crippen LogP contribution < -0.4 is 0 Å². The number of carbonyl (C=O) groups excluding carboxylic acids is 2. The van der Waals surface area contributed by atoms with E-state index >= 15 is 0 Å². The Balaban J connectivity index is 2.29. The third-order valence-corrected chi connectivity index (χ3v) is 4.55. The van der Waals surface area contributed by atoms with Crippen LogP contribution in [-0.2, 0) is 11.2 Å². The monoisotopic (exact) mass is 310 g/mol. The summed E-state index contributed by atoms with van der Waals surface area (Å²) in [5, 5.41) is 3.58. The van der Waals surface area contributed by atoms with Crippen LogP contribution >= 0.6 is 22.7 Å². The third-order valence-electron chi connectivity index (χ3n) is 2.43. The van der Waals surface area contributed by atoms with Gasteiger partial charge in [0.25, 0.3) is 0 Å². The smallest absolute Gasteiger partial charge is 0.358 e. The highest BCUT2D eigenvalue weighted by Crippen LogP contribution is 2.23. The summed E-state index contributed by atoms with van der Waals surface area (Å²) in [7, 11) is 0. The molecule has 0 spiro atoms. The maximum atomic E-state index is 11.8. The zero-order chi connectivity index (χ0) is 14.7. The largest absolute Gasteiger partial charge is 0.461 e. The van der Waals surface area contributed by atoms with Crippen molar-refractivity contribution < 1.29 is 14.3 Å². The van der Waals surface area contributed by atoms with E-state index < -0.39 is 5.97 Å². The fourth-order valence-corrected chi connectivity index (χ4v) is 3.45. The number of aryl methyl sites for hydroxylation is 1. The lowest BCUT2D eigenvalue weighted by molar-refractivity contribution is 0.0517. The highest BCUT2D eigenvalue weighted by molar-refractivity contribution is 7.14. The number of nitrogens with zero attached hydrogens (tertiary/aromatic N) is 2. The van der Waals surface area contributed by atoms with Gasteiger partial charge in [0, 0.05) is 18.0 Å². The summed E-state index contributed by atoms with van der Waals surface area (Å²) in [4.78, 5) is 32.3. The van der Waals surface area contributed by atoms with Crippen LogP contribution in [0.5, 0.6) is 0 Å². The Bertz CT molecular complexity index is 646. The van der Waals surface area contributed by atoms with Crippen LogP contribution in [0.3, 0.4) is 0 Å². The standard InChI is InChI=1S/C13H14N2O3S2/c1-4-18-13(17)11-12(8(3)16)20-10(15-11)5-9-14-7(2)6-19-9/h6H,4-5H2,1-3H3.